The van der Waals surface area contributed by atoms with Crippen molar-refractivity contribution < 1.29 is 4.79 Å². The van der Waals surface area contributed by atoms with Crippen LogP contribution in [0, 0.1) is 6.92 Å². The van der Waals surface area contributed by atoms with E-state index >= 15 is 0 Å². The molecule has 0 fully saturated rings. The maximum atomic E-state index is 11.7. The first kappa shape index (κ1) is 11.2. The minimum Gasteiger partial charge on any atom is -0.325 e. The second kappa shape index (κ2) is 4.69. The van der Waals surface area contributed by atoms with Crippen molar-refractivity contribution in [1.82, 2.24) is 9.97 Å². The summed E-state index contributed by atoms with van der Waals surface area (Å²) in [4.78, 5) is 19.9. The Morgan fingerprint density at radius 3 is 2.81 bits per heavy atom. The molecule has 0 aliphatic carbocycles. The van der Waals surface area contributed by atoms with E-state index in [0.717, 1.165) is 10.7 Å². The van der Waals surface area contributed by atoms with Crippen LogP contribution in [0.5, 0.6) is 0 Å². The smallest absolute Gasteiger partial charge is 0.276 e. The number of anilines is 1. The van der Waals surface area contributed by atoms with Gasteiger partial charge in [-0.05, 0) is 6.92 Å². The third-order valence-electron chi connectivity index (χ3n) is 1.80. The Bertz CT molecular complexity index is 505. The predicted octanol–water partition coefficient (Wildman–Crippen LogP) is 1.62. The third-order valence-corrected chi connectivity index (χ3v) is 3.55. The fourth-order valence-electron chi connectivity index (χ4n) is 1.08. The summed E-state index contributed by atoms with van der Waals surface area (Å²) >= 11 is 2.77. The molecule has 0 unspecified atom stereocenters. The average Bonchev–Trinajstić information content (AvgIpc) is 2.87. The number of nitrogens with one attached hydrogen (secondary N) is 1. The molecule has 16 heavy (non-hydrogen) atoms. The molecule has 0 aliphatic heterocycles. The molecule has 0 saturated carbocycles. The molecule has 0 aliphatic rings. The van der Waals surface area contributed by atoms with E-state index in [1.54, 1.807) is 5.38 Å². The molecular weight excluding hydrogens is 244 g/mol. The Morgan fingerprint density at radius 2 is 2.25 bits per heavy atom. The summed E-state index contributed by atoms with van der Waals surface area (Å²) in [7, 11) is 0. The van der Waals surface area contributed by atoms with Gasteiger partial charge in [0, 0.05) is 17.3 Å². The fourth-order valence-corrected chi connectivity index (χ4v) is 2.42. The maximum Gasteiger partial charge on any atom is 0.276 e. The zero-order chi connectivity index (χ0) is 11.5. The Balaban J connectivity index is 2.08. The van der Waals surface area contributed by atoms with Crippen LogP contribution in [0.4, 0.5) is 5.13 Å². The number of nitrogens with zero attached hydrogens (tertiary/aromatic N) is 2. The standard InChI is InChI=1S/C9H10N4OS2/c1-5-3-16-9(11-5)13-8(14)6-4-15-7(2-10)12-6/h3-4H,2,10H2,1H3,(H,11,13,14). The highest BCUT2D eigenvalue weighted by Gasteiger charge is 2.11. The molecule has 0 spiro atoms. The minimum absolute atomic E-state index is 0.245. The summed E-state index contributed by atoms with van der Waals surface area (Å²) < 4.78 is 0. The molecule has 2 aromatic rings. The first-order chi connectivity index (χ1) is 7.69. The van der Waals surface area contributed by atoms with E-state index in [0.29, 0.717) is 17.4 Å². The SMILES string of the molecule is Cc1csc(NC(=O)c2csc(CN)n2)n1. The quantitative estimate of drug-likeness (QED) is 0.872. The molecule has 7 heteroatoms. The number of hydrogen-bond acceptors (Lipinski definition) is 6. The summed E-state index contributed by atoms with van der Waals surface area (Å²) in [6.07, 6.45) is 0. The second-order valence-corrected chi connectivity index (χ2v) is 4.88. The van der Waals surface area contributed by atoms with E-state index in [4.69, 9.17) is 5.73 Å². The molecule has 0 saturated heterocycles. The molecule has 0 atom stereocenters. The zero-order valence-electron chi connectivity index (χ0n) is 8.56. The lowest BCUT2D eigenvalue weighted by molar-refractivity contribution is 0.102. The van der Waals surface area contributed by atoms with Crippen LogP contribution < -0.4 is 11.1 Å². The van der Waals surface area contributed by atoms with Crippen molar-refractivity contribution in [3.63, 3.8) is 0 Å². The van der Waals surface area contributed by atoms with Gasteiger partial charge >= 0.3 is 0 Å². The monoisotopic (exact) mass is 254 g/mol. The maximum absolute atomic E-state index is 11.7. The Kier molecular flexibility index (Phi) is 3.28. The van der Waals surface area contributed by atoms with Gasteiger partial charge in [-0.3, -0.25) is 10.1 Å². The van der Waals surface area contributed by atoms with Gasteiger partial charge in [-0.2, -0.15) is 0 Å². The first-order valence-electron chi connectivity index (χ1n) is 4.57. The second-order valence-electron chi connectivity index (χ2n) is 3.08. The number of rotatable bonds is 3. The van der Waals surface area contributed by atoms with Gasteiger partial charge < -0.3 is 5.73 Å². The molecular formula is C9H10N4OS2. The van der Waals surface area contributed by atoms with Crippen molar-refractivity contribution in [1.29, 1.82) is 0 Å². The fraction of sp³-hybridized carbons (Fsp3) is 0.222. The summed E-state index contributed by atoms with van der Waals surface area (Å²) in [5.41, 5.74) is 6.70. The van der Waals surface area contributed by atoms with Gasteiger partial charge in [0.15, 0.2) is 5.13 Å². The highest BCUT2D eigenvalue weighted by atomic mass is 32.1. The number of aromatic nitrogens is 2. The third kappa shape index (κ3) is 2.43. The number of aryl methyl sites for hydroxylation is 1. The molecule has 2 aromatic heterocycles. The van der Waals surface area contributed by atoms with Gasteiger partial charge in [-0.15, -0.1) is 22.7 Å². The van der Waals surface area contributed by atoms with Crippen molar-refractivity contribution >= 4 is 33.7 Å². The molecule has 0 aromatic carbocycles. The molecule has 2 rings (SSSR count). The molecule has 0 radical (unpaired) electrons. The highest BCUT2D eigenvalue weighted by molar-refractivity contribution is 7.14. The van der Waals surface area contributed by atoms with Crippen LogP contribution in [-0.2, 0) is 6.54 Å². The zero-order valence-corrected chi connectivity index (χ0v) is 10.2. The van der Waals surface area contributed by atoms with Crippen LogP contribution in [0.15, 0.2) is 10.8 Å². The van der Waals surface area contributed by atoms with E-state index in [9.17, 15) is 4.79 Å². The number of carbonyl (C=O) groups excluding carboxylic acids is 1. The van der Waals surface area contributed by atoms with Crippen molar-refractivity contribution in [2.45, 2.75) is 13.5 Å². The lowest BCUT2D eigenvalue weighted by atomic mass is 10.4. The summed E-state index contributed by atoms with van der Waals surface area (Å²) in [5, 5.41) is 7.60. The van der Waals surface area contributed by atoms with Crippen LogP contribution >= 0.6 is 22.7 Å². The van der Waals surface area contributed by atoms with E-state index in [2.05, 4.69) is 15.3 Å². The highest BCUT2D eigenvalue weighted by Crippen LogP contribution is 2.16. The van der Waals surface area contributed by atoms with Crippen LogP contribution in [0.2, 0.25) is 0 Å². The summed E-state index contributed by atoms with van der Waals surface area (Å²) in [6.45, 7) is 2.23. The van der Waals surface area contributed by atoms with Gasteiger partial charge in [0.05, 0.1) is 5.69 Å². The topological polar surface area (TPSA) is 80.9 Å². The average molecular weight is 254 g/mol. The van der Waals surface area contributed by atoms with Gasteiger partial charge in [0.1, 0.15) is 10.7 Å². The van der Waals surface area contributed by atoms with Gasteiger partial charge in [-0.1, -0.05) is 0 Å². The normalized spacial score (nSPS) is 10.4. The van der Waals surface area contributed by atoms with Crippen molar-refractivity contribution in [3.8, 4) is 0 Å². The van der Waals surface area contributed by atoms with Crippen molar-refractivity contribution in [3.05, 3.63) is 27.2 Å². The Hall–Kier alpha value is -1.31. The van der Waals surface area contributed by atoms with Crippen LogP contribution in [0.25, 0.3) is 0 Å². The van der Waals surface area contributed by atoms with Crippen LogP contribution in [-0.4, -0.2) is 15.9 Å². The molecule has 84 valence electrons. The number of amides is 1. The molecule has 5 nitrogen and oxygen atoms in total. The molecule has 3 N–H and O–H groups in total. The van der Waals surface area contributed by atoms with E-state index < -0.39 is 0 Å². The number of thiazole rings is 2. The largest absolute Gasteiger partial charge is 0.325 e. The van der Waals surface area contributed by atoms with Crippen molar-refractivity contribution in [2.24, 2.45) is 5.73 Å². The number of carbonyl (C=O) groups is 1. The molecule has 0 bridgehead atoms. The Labute approximate surface area is 100 Å². The van der Waals surface area contributed by atoms with E-state index in [-0.39, 0.29) is 5.91 Å². The van der Waals surface area contributed by atoms with Crippen LogP contribution in [0.1, 0.15) is 21.2 Å². The lowest BCUT2D eigenvalue weighted by Gasteiger charge is -1.96. The number of nitrogens with two attached hydrogens (primary N) is 1. The molecule has 2 heterocycles. The minimum atomic E-state index is -0.245. The summed E-state index contributed by atoms with van der Waals surface area (Å²) in [6, 6.07) is 0. The first-order valence-corrected chi connectivity index (χ1v) is 6.33. The van der Waals surface area contributed by atoms with E-state index in [1.807, 2.05) is 12.3 Å². The van der Waals surface area contributed by atoms with E-state index in [1.165, 1.54) is 22.7 Å². The predicted molar refractivity (Wildman–Crippen MR) is 64.8 cm³/mol. The number of hydrogen-bond donors (Lipinski definition) is 2. The Morgan fingerprint density at radius 1 is 1.44 bits per heavy atom. The van der Waals surface area contributed by atoms with Crippen LogP contribution in [0.3, 0.4) is 0 Å². The van der Waals surface area contributed by atoms with Crippen molar-refractivity contribution in [2.75, 3.05) is 5.32 Å². The van der Waals surface area contributed by atoms with Gasteiger partial charge in [0.25, 0.3) is 5.91 Å². The lowest BCUT2D eigenvalue weighted by Crippen LogP contribution is -2.12. The van der Waals surface area contributed by atoms with Gasteiger partial charge in [-0.25, -0.2) is 9.97 Å². The molecule has 1 amide bonds. The summed E-state index contributed by atoms with van der Waals surface area (Å²) in [5.74, 6) is -0.245. The van der Waals surface area contributed by atoms with Gasteiger partial charge in [0.2, 0.25) is 0 Å².